The quantitative estimate of drug-likeness (QED) is 0.439. The van der Waals surface area contributed by atoms with Gasteiger partial charge in [0.15, 0.2) is 0 Å². The molecule has 0 aromatic carbocycles. The number of rotatable bonds is 5. The van der Waals surface area contributed by atoms with Gasteiger partial charge in [0.25, 0.3) is 0 Å². The Hall–Kier alpha value is -1.45. The first-order valence-electron chi connectivity index (χ1n) is 5.39. The minimum Gasteiger partial charge on any atom is -0.462 e. The molecule has 1 heterocycles. The predicted octanol–water partition coefficient (Wildman–Crippen LogP) is 2.81. The number of carbonyl (C=O) groups excluding carboxylic acids is 1. The molecule has 1 aromatic rings. The minimum absolute atomic E-state index is 0.105. The van der Waals surface area contributed by atoms with E-state index >= 15 is 0 Å². The Kier molecular flexibility index (Phi) is 4.89. The van der Waals surface area contributed by atoms with E-state index in [1.807, 2.05) is 0 Å². The van der Waals surface area contributed by atoms with E-state index < -0.39 is 11.9 Å². The summed E-state index contributed by atoms with van der Waals surface area (Å²) >= 11 is 0. The summed E-state index contributed by atoms with van der Waals surface area (Å²) in [6.07, 6.45) is 3.08. The van der Waals surface area contributed by atoms with Gasteiger partial charge in [-0.05, 0) is 30.9 Å². The molecule has 1 rings (SSSR count). The van der Waals surface area contributed by atoms with Crippen molar-refractivity contribution in [1.82, 2.24) is 4.98 Å². The van der Waals surface area contributed by atoms with Gasteiger partial charge in [0, 0.05) is 6.20 Å². The Morgan fingerprint density at radius 2 is 2.31 bits per heavy atom. The topological polar surface area (TPSA) is 39.2 Å². The van der Waals surface area contributed by atoms with E-state index in [4.69, 9.17) is 4.74 Å². The fourth-order valence-corrected chi connectivity index (χ4v) is 1.27. The molecule has 0 N–H and O–H groups in total. The molecule has 0 unspecified atom stereocenters. The van der Waals surface area contributed by atoms with Crippen molar-refractivity contribution in [2.24, 2.45) is 5.92 Å². The second-order valence-electron chi connectivity index (χ2n) is 4.01. The lowest BCUT2D eigenvalue weighted by Crippen LogP contribution is -2.09. The van der Waals surface area contributed by atoms with E-state index in [-0.39, 0.29) is 5.56 Å². The third kappa shape index (κ3) is 3.96. The molecule has 0 saturated carbocycles. The molecule has 0 fully saturated rings. The first-order chi connectivity index (χ1) is 7.61. The van der Waals surface area contributed by atoms with Gasteiger partial charge in [0.2, 0.25) is 5.95 Å². The molecule has 88 valence electrons. The summed E-state index contributed by atoms with van der Waals surface area (Å²) in [5.74, 6) is -0.848. The smallest absolute Gasteiger partial charge is 0.342 e. The van der Waals surface area contributed by atoms with Crippen molar-refractivity contribution in [3.05, 3.63) is 29.8 Å². The van der Waals surface area contributed by atoms with E-state index in [2.05, 4.69) is 18.8 Å². The molecule has 0 amide bonds. The Bertz CT molecular complexity index is 353. The molecule has 0 spiro atoms. The van der Waals surface area contributed by atoms with E-state index in [9.17, 15) is 9.18 Å². The van der Waals surface area contributed by atoms with E-state index in [1.54, 1.807) is 0 Å². The molecule has 0 aliphatic rings. The van der Waals surface area contributed by atoms with Crippen LogP contribution in [0.25, 0.3) is 0 Å². The van der Waals surface area contributed by atoms with Crippen molar-refractivity contribution < 1.29 is 13.9 Å². The standard InChI is InChI=1S/C12H16FNO2/c1-9(2)5-4-8-16-12(15)10-6-3-7-14-11(10)13/h3,6-7,9H,4-5,8H2,1-2H3. The highest BCUT2D eigenvalue weighted by Crippen LogP contribution is 2.07. The predicted molar refractivity (Wildman–Crippen MR) is 58.5 cm³/mol. The second-order valence-corrected chi connectivity index (χ2v) is 4.01. The number of hydrogen-bond acceptors (Lipinski definition) is 3. The maximum Gasteiger partial charge on any atom is 0.342 e. The third-order valence-electron chi connectivity index (χ3n) is 2.14. The van der Waals surface area contributed by atoms with Crippen LogP contribution < -0.4 is 0 Å². The largest absolute Gasteiger partial charge is 0.462 e. The van der Waals surface area contributed by atoms with E-state index in [0.717, 1.165) is 12.8 Å². The van der Waals surface area contributed by atoms with Gasteiger partial charge in [-0.1, -0.05) is 13.8 Å². The zero-order valence-corrected chi connectivity index (χ0v) is 9.57. The second kappa shape index (κ2) is 6.20. The van der Waals surface area contributed by atoms with Gasteiger partial charge in [-0.25, -0.2) is 9.78 Å². The van der Waals surface area contributed by atoms with Gasteiger partial charge in [-0.15, -0.1) is 0 Å². The number of pyridine rings is 1. The highest BCUT2D eigenvalue weighted by molar-refractivity contribution is 5.89. The lowest BCUT2D eigenvalue weighted by molar-refractivity contribution is 0.0488. The van der Waals surface area contributed by atoms with Crippen molar-refractivity contribution in [3.8, 4) is 0 Å². The van der Waals surface area contributed by atoms with Crippen LogP contribution >= 0.6 is 0 Å². The van der Waals surface area contributed by atoms with E-state index in [1.165, 1.54) is 18.3 Å². The van der Waals surface area contributed by atoms with E-state index in [0.29, 0.717) is 12.5 Å². The van der Waals surface area contributed by atoms with Crippen LogP contribution in [0.3, 0.4) is 0 Å². The number of aromatic nitrogens is 1. The Labute approximate surface area is 94.6 Å². The Balaban J connectivity index is 2.39. The zero-order valence-electron chi connectivity index (χ0n) is 9.57. The molecule has 0 atom stereocenters. The average molecular weight is 225 g/mol. The van der Waals surface area contributed by atoms with Gasteiger partial charge in [0.05, 0.1) is 6.61 Å². The highest BCUT2D eigenvalue weighted by atomic mass is 19.1. The lowest BCUT2D eigenvalue weighted by Gasteiger charge is -2.06. The van der Waals surface area contributed by atoms with Crippen molar-refractivity contribution in [3.63, 3.8) is 0 Å². The van der Waals surface area contributed by atoms with Crippen molar-refractivity contribution in [2.45, 2.75) is 26.7 Å². The summed E-state index contributed by atoms with van der Waals surface area (Å²) in [5.41, 5.74) is -0.105. The van der Waals surface area contributed by atoms with Gasteiger partial charge in [0.1, 0.15) is 5.56 Å². The molecule has 0 bridgehead atoms. The summed E-state index contributed by atoms with van der Waals surface area (Å²) in [6.45, 7) is 4.52. The number of halogens is 1. The summed E-state index contributed by atoms with van der Waals surface area (Å²) in [5, 5.41) is 0. The molecule has 3 nitrogen and oxygen atoms in total. The van der Waals surface area contributed by atoms with Crippen LogP contribution in [0.2, 0.25) is 0 Å². The lowest BCUT2D eigenvalue weighted by atomic mass is 10.1. The molecular weight excluding hydrogens is 209 g/mol. The van der Waals surface area contributed by atoms with Gasteiger partial charge >= 0.3 is 5.97 Å². The van der Waals surface area contributed by atoms with Gasteiger partial charge in [-0.2, -0.15) is 4.39 Å². The number of esters is 1. The van der Waals surface area contributed by atoms with Crippen LogP contribution in [0.4, 0.5) is 4.39 Å². The SMILES string of the molecule is CC(C)CCCOC(=O)c1cccnc1F. The Morgan fingerprint density at radius 3 is 2.94 bits per heavy atom. The molecule has 0 aliphatic carbocycles. The molecule has 16 heavy (non-hydrogen) atoms. The molecular formula is C12H16FNO2. The normalized spacial score (nSPS) is 10.5. The van der Waals surface area contributed by atoms with Gasteiger partial charge in [-0.3, -0.25) is 0 Å². The Morgan fingerprint density at radius 1 is 1.56 bits per heavy atom. The minimum atomic E-state index is -0.781. The third-order valence-corrected chi connectivity index (χ3v) is 2.14. The fraction of sp³-hybridized carbons (Fsp3) is 0.500. The first kappa shape index (κ1) is 12.6. The monoisotopic (exact) mass is 225 g/mol. The fourth-order valence-electron chi connectivity index (χ4n) is 1.27. The van der Waals surface area contributed by atoms with Crippen molar-refractivity contribution in [1.29, 1.82) is 0 Å². The van der Waals surface area contributed by atoms with Crippen LogP contribution in [0.15, 0.2) is 18.3 Å². The van der Waals surface area contributed by atoms with Gasteiger partial charge < -0.3 is 4.74 Å². The first-order valence-corrected chi connectivity index (χ1v) is 5.39. The maximum atomic E-state index is 13.1. The number of carbonyl (C=O) groups is 1. The number of hydrogen-bond donors (Lipinski definition) is 0. The summed E-state index contributed by atoms with van der Waals surface area (Å²) in [4.78, 5) is 14.8. The number of nitrogens with zero attached hydrogens (tertiary/aromatic N) is 1. The van der Waals surface area contributed by atoms with Crippen LogP contribution in [-0.4, -0.2) is 17.6 Å². The van der Waals surface area contributed by atoms with Crippen LogP contribution in [0.5, 0.6) is 0 Å². The zero-order chi connectivity index (χ0) is 12.0. The summed E-state index contributed by atoms with van der Waals surface area (Å²) in [7, 11) is 0. The van der Waals surface area contributed by atoms with Crippen LogP contribution in [0.1, 0.15) is 37.0 Å². The molecule has 0 radical (unpaired) electrons. The molecule has 0 saturated heterocycles. The summed E-state index contributed by atoms with van der Waals surface area (Å²) in [6, 6.07) is 2.88. The van der Waals surface area contributed by atoms with Crippen molar-refractivity contribution in [2.75, 3.05) is 6.61 Å². The molecule has 4 heteroatoms. The highest BCUT2D eigenvalue weighted by Gasteiger charge is 2.12. The average Bonchev–Trinajstić information content (AvgIpc) is 2.24. The van der Waals surface area contributed by atoms with Crippen molar-refractivity contribution >= 4 is 5.97 Å². The molecule has 0 aliphatic heterocycles. The maximum absolute atomic E-state index is 13.1. The summed E-state index contributed by atoms with van der Waals surface area (Å²) < 4.78 is 18.0. The van der Waals surface area contributed by atoms with Crippen LogP contribution in [0, 0.1) is 11.9 Å². The van der Waals surface area contributed by atoms with Crippen LogP contribution in [-0.2, 0) is 4.74 Å². The number of ether oxygens (including phenoxy) is 1. The molecule has 1 aromatic heterocycles.